The zero-order valence-corrected chi connectivity index (χ0v) is 18.8. The summed E-state index contributed by atoms with van der Waals surface area (Å²) in [7, 11) is 0. The Hall–Kier alpha value is -2.52. The molecule has 3 aromatic carbocycles. The molecule has 0 saturated carbocycles. The molecule has 30 heavy (non-hydrogen) atoms. The van der Waals surface area contributed by atoms with Crippen molar-refractivity contribution in [2.45, 2.75) is 61.2 Å². The van der Waals surface area contributed by atoms with Crippen molar-refractivity contribution in [2.24, 2.45) is 0 Å². The standard InChI is InChI=1S/C27H26N2S/c1-26(2)13-14-27(3,4)20-16-24-22(15-19(20)26)29-17-28(18-9-6-5-7-10-18)21-11-8-12-23(30-24)25(21)29/h5-12,15-16H,13-14H2,1-4H3. The van der Waals surface area contributed by atoms with E-state index in [1.807, 2.05) is 11.8 Å². The number of hydrogen-bond donors (Lipinski definition) is 0. The van der Waals surface area contributed by atoms with Crippen LogP contribution in [0.25, 0.3) is 22.4 Å². The molecule has 2 aliphatic rings. The lowest BCUT2D eigenvalue weighted by atomic mass is 9.63. The molecule has 0 spiro atoms. The van der Waals surface area contributed by atoms with Gasteiger partial charge in [0.25, 0.3) is 6.33 Å². The van der Waals surface area contributed by atoms with E-state index in [0.29, 0.717) is 0 Å². The van der Waals surface area contributed by atoms with Crippen LogP contribution in [0.3, 0.4) is 0 Å². The fourth-order valence-corrected chi connectivity index (χ4v) is 6.22. The van der Waals surface area contributed by atoms with Gasteiger partial charge >= 0.3 is 0 Å². The Morgan fingerprint density at radius 1 is 0.833 bits per heavy atom. The SMILES string of the molecule is CC1(C)CCC(C)(C)c2cc3c(cc21)Sc1cccc2c1[n+]-3[c-]n2-c1ccccc1. The third kappa shape index (κ3) is 2.48. The van der Waals surface area contributed by atoms with Crippen molar-refractivity contribution in [1.29, 1.82) is 0 Å². The maximum atomic E-state index is 3.68. The Morgan fingerprint density at radius 3 is 2.27 bits per heavy atom. The van der Waals surface area contributed by atoms with Crippen molar-refractivity contribution in [3.63, 3.8) is 0 Å². The third-order valence-corrected chi connectivity index (χ3v) is 8.15. The molecule has 0 fully saturated rings. The molecule has 4 aromatic rings. The highest BCUT2D eigenvalue weighted by Gasteiger charge is 2.38. The Kier molecular flexibility index (Phi) is 3.66. The highest BCUT2D eigenvalue weighted by molar-refractivity contribution is 7.99. The topological polar surface area (TPSA) is 8.81 Å². The summed E-state index contributed by atoms with van der Waals surface area (Å²) in [4.78, 5) is 2.64. The van der Waals surface area contributed by atoms with E-state index in [-0.39, 0.29) is 10.8 Å². The van der Waals surface area contributed by atoms with Crippen molar-refractivity contribution >= 4 is 22.8 Å². The quantitative estimate of drug-likeness (QED) is 0.226. The van der Waals surface area contributed by atoms with Gasteiger partial charge in [-0.2, -0.15) is 0 Å². The first-order valence-corrected chi connectivity index (χ1v) is 11.6. The maximum absolute atomic E-state index is 3.68. The zero-order valence-electron chi connectivity index (χ0n) is 18.0. The molecule has 2 nitrogen and oxygen atoms in total. The van der Waals surface area contributed by atoms with Crippen LogP contribution < -0.4 is 4.57 Å². The van der Waals surface area contributed by atoms with Crippen molar-refractivity contribution in [3.05, 3.63) is 78.1 Å². The number of rotatable bonds is 1. The maximum Gasteiger partial charge on any atom is 0.269 e. The largest absolute Gasteiger partial charge is 0.292 e. The predicted octanol–water partition coefficient (Wildman–Crippen LogP) is 6.52. The normalized spacial score (nSPS) is 18.1. The first kappa shape index (κ1) is 18.3. The lowest BCUT2D eigenvalue weighted by Gasteiger charge is -2.42. The monoisotopic (exact) mass is 410 g/mol. The van der Waals surface area contributed by atoms with Crippen LogP contribution in [0.1, 0.15) is 51.7 Å². The number of hydrogen-bond acceptors (Lipinski definition) is 1. The first-order valence-electron chi connectivity index (χ1n) is 10.8. The van der Waals surface area contributed by atoms with Crippen LogP contribution in [-0.2, 0) is 10.8 Å². The van der Waals surface area contributed by atoms with Crippen molar-refractivity contribution in [3.8, 4) is 11.4 Å². The summed E-state index contributed by atoms with van der Waals surface area (Å²) >= 11 is 1.90. The summed E-state index contributed by atoms with van der Waals surface area (Å²) in [6.45, 7) is 9.60. The van der Waals surface area contributed by atoms with Gasteiger partial charge < -0.3 is 0 Å². The smallest absolute Gasteiger partial charge is 0.269 e. The van der Waals surface area contributed by atoms with Crippen LogP contribution >= 0.6 is 11.8 Å². The Morgan fingerprint density at radius 2 is 1.53 bits per heavy atom. The second-order valence-electron chi connectivity index (χ2n) is 9.97. The molecule has 1 aliphatic heterocycles. The van der Waals surface area contributed by atoms with Crippen LogP contribution in [0.4, 0.5) is 0 Å². The first-order chi connectivity index (χ1) is 14.4. The molecular formula is C27H26N2S. The van der Waals surface area contributed by atoms with Gasteiger partial charge in [-0.1, -0.05) is 75.9 Å². The minimum absolute atomic E-state index is 0.198. The van der Waals surface area contributed by atoms with Crippen LogP contribution in [0.5, 0.6) is 0 Å². The van der Waals surface area contributed by atoms with Gasteiger partial charge in [-0.25, -0.2) is 0 Å². The van der Waals surface area contributed by atoms with Gasteiger partial charge in [0, 0.05) is 9.79 Å². The van der Waals surface area contributed by atoms with E-state index in [9.17, 15) is 0 Å². The van der Waals surface area contributed by atoms with E-state index in [0.717, 1.165) is 5.69 Å². The van der Waals surface area contributed by atoms with Crippen molar-refractivity contribution in [2.75, 3.05) is 0 Å². The predicted molar refractivity (Wildman–Crippen MR) is 123 cm³/mol. The molecule has 0 N–H and O–H groups in total. The average molecular weight is 411 g/mol. The van der Waals surface area contributed by atoms with E-state index in [1.165, 1.54) is 50.5 Å². The highest BCUT2D eigenvalue weighted by Crippen LogP contribution is 2.49. The van der Waals surface area contributed by atoms with Gasteiger partial charge in [0.05, 0.1) is 22.4 Å². The molecule has 2 heterocycles. The molecule has 0 saturated heterocycles. The minimum Gasteiger partial charge on any atom is -0.292 e. The Bertz CT molecular complexity index is 1310. The summed E-state index contributed by atoms with van der Waals surface area (Å²) in [6.07, 6.45) is 6.14. The fraction of sp³-hybridized carbons (Fsp3) is 0.296. The highest BCUT2D eigenvalue weighted by atomic mass is 32.2. The average Bonchev–Trinajstić information content (AvgIpc) is 3.13. The number of nitrogens with zero attached hydrogens (tertiary/aromatic N) is 2. The van der Waals surface area contributed by atoms with Gasteiger partial charge in [0.15, 0.2) is 0 Å². The fourth-order valence-electron chi connectivity index (χ4n) is 5.11. The molecule has 1 aromatic heterocycles. The minimum atomic E-state index is 0.198. The molecule has 0 unspecified atom stereocenters. The molecule has 6 rings (SSSR count). The van der Waals surface area contributed by atoms with Crippen molar-refractivity contribution in [1.82, 2.24) is 4.57 Å². The third-order valence-electron chi connectivity index (χ3n) is 7.05. The second-order valence-corrected chi connectivity index (χ2v) is 11.0. The number of para-hydroxylation sites is 2. The lowest BCUT2D eigenvalue weighted by Crippen LogP contribution is -2.37. The number of imidazole rings is 1. The van der Waals surface area contributed by atoms with Gasteiger partial charge in [0.2, 0.25) is 0 Å². The summed E-state index contributed by atoms with van der Waals surface area (Å²) < 4.78 is 4.49. The summed E-state index contributed by atoms with van der Waals surface area (Å²) in [5.41, 5.74) is 8.30. The van der Waals surface area contributed by atoms with E-state index in [2.05, 4.69) is 104 Å². The molecular weight excluding hydrogens is 384 g/mol. The van der Waals surface area contributed by atoms with E-state index >= 15 is 0 Å². The molecule has 0 radical (unpaired) electrons. The Balaban J connectivity index is 1.66. The van der Waals surface area contributed by atoms with E-state index < -0.39 is 0 Å². The summed E-state index contributed by atoms with van der Waals surface area (Å²) in [5, 5.41) is 0. The summed E-state index contributed by atoms with van der Waals surface area (Å²) in [5.74, 6) is 0. The molecule has 3 heteroatoms. The Labute approximate surface area is 182 Å². The molecule has 0 amide bonds. The van der Waals surface area contributed by atoms with E-state index in [1.54, 1.807) is 0 Å². The van der Waals surface area contributed by atoms with Crippen LogP contribution in [-0.4, -0.2) is 4.57 Å². The summed E-state index contributed by atoms with van der Waals surface area (Å²) in [6, 6.07) is 22.1. The lowest BCUT2D eigenvalue weighted by molar-refractivity contribution is -0.577. The van der Waals surface area contributed by atoms with E-state index in [4.69, 9.17) is 0 Å². The van der Waals surface area contributed by atoms with Gasteiger partial charge in [-0.05, 0) is 59.1 Å². The molecule has 150 valence electrons. The van der Waals surface area contributed by atoms with Crippen LogP contribution in [0.2, 0.25) is 0 Å². The number of benzene rings is 3. The molecule has 0 bridgehead atoms. The van der Waals surface area contributed by atoms with Gasteiger partial charge in [0.1, 0.15) is 0 Å². The second kappa shape index (κ2) is 6.01. The van der Waals surface area contributed by atoms with Gasteiger partial charge in [-0.3, -0.25) is 9.13 Å². The molecule has 0 atom stereocenters. The number of aromatic nitrogens is 2. The van der Waals surface area contributed by atoms with Crippen LogP contribution in [0, 0.1) is 6.33 Å². The zero-order chi connectivity index (χ0) is 20.7. The van der Waals surface area contributed by atoms with Gasteiger partial charge in [-0.15, -0.1) is 0 Å². The van der Waals surface area contributed by atoms with Crippen LogP contribution in [0.15, 0.2) is 70.5 Å². The molecule has 1 aliphatic carbocycles. The number of fused-ring (bicyclic) bond motifs is 3. The van der Waals surface area contributed by atoms with Crippen molar-refractivity contribution < 1.29 is 4.57 Å².